The van der Waals surface area contributed by atoms with E-state index in [1.165, 1.54) is 0 Å². The number of rotatable bonds is 4. The standard InChI is InChI=1S/C9H14N6/c1-7-6-8(13-9(12-7)14-11)15(2)5-3-4-10/h6H,3,5,11H2,1-2H3,(H,12,13,14). The molecule has 0 saturated carbocycles. The lowest BCUT2D eigenvalue weighted by molar-refractivity contribution is 0.875. The van der Waals surface area contributed by atoms with Crippen LogP contribution in [0.25, 0.3) is 0 Å². The number of nitrogens with one attached hydrogen (secondary N) is 1. The molecular weight excluding hydrogens is 192 g/mol. The number of hydrogen-bond acceptors (Lipinski definition) is 6. The Morgan fingerprint density at radius 1 is 1.60 bits per heavy atom. The molecule has 0 aliphatic rings. The minimum Gasteiger partial charge on any atom is -0.358 e. The van der Waals surface area contributed by atoms with Crippen molar-refractivity contribution in [2.75, 3.05) is 23.9 Å². The molecule has 0 bridgehead atoms. The predicted octanol–water partition coefficient (Wildman–Crippen LogP) is 0.421. The van der Waals surface area contributed by atoms with Crippen LogP contribution >= 0.6 is 0 Å². The normalized spacial score (nSPS) is 9.47. The molecule has 0 aliphatic heterocycles. The molecule has 0 saturated heterocycles. The van der Waals surface area contributed by atoms with Gasteiger partial charge in [-0.2, -0.15) is 10.2 Å². The fourth-order valence-corrected chi connectivity index (χ4v) is 1.14. The number of aryl methyl sites for hydroxylation is 1. The van der Waals surface area contributed by atoms with E-state index in [9.17, 15) is 0 Å². The van der Waals surface area contributed by atoms with E-state index >= 15 is 0 Å². The van der Waals surface area contributed by atoms with Crippen LogP contribution in [0.15, 0.2) is 6.07 Å². The minimum atomic E-state index is 0.383. The van der Waals surface area contributed by atoms with Gasteiger partial charge in [-0.15, -0.1) is 0 Å². The molecule has 0 unspecified atom stereocenters. The zero-order valence-electron chi connectivity index (χ0n) is 8.86. The lowest BCUT2D eigenvalue weighted by Crippen LogP contribution is -2.21. The molecule has 3 N–H and O–H groups in total. The van der Waals surface area contributed by atoms with Gasteiger partial charge in [-0.1, -0.05) is 0 Å². The summed E-state index contributed by atoms with van der Waals surface area (Å²) >= 11 is 0. The van der Waals surface area contributed by atoms with E-state index in [0.29, 0.717) is 18.9 Å². The SMILES string of the molecule is Cc1cc(N(C)CCC#N)nc(NN)n1. The van der Waals surface area contributed by atoms with Gasteiger partial charge in [-0.05, 0) is 6.92 Å². The highest BCUT2D eigenvalue weighted by atomic mass is 15.3. The van der Waals surface area contributed by atoms with E-state index in [1.54, 1.807) is 0 Å². The summed E-state index contributed by atoms with van der Waals surface area (Å²) < 4.78 is 0. The first-order chi connectivity index (χ1) is 7.17. The third kappa shape index (κ3) is 3.07. The molecule has 1 aromatic heterocycles. The first-order valence-electron chi connectivity index (χ1n) is 4.57. The average molecular weight is 206 g/mol. The van der Waals surface area contributed by atoms with Gasteiger partial charge in [0.25, 0.3) is 0 Å². The minimum absolute atomic E-state index is 0.383. The Morgan fingerprint density at radius 3 is 2.93 bits per heavy atom. The Balaban J connectivity index is 2.84. The molecule has 1 heterocycles. The molecule has 0 aliphatic carbocycles. The van der Waals surface area contributed by atoms with E-state index in [1.807, 2.05) is 24.9 Å². The van der Waals surface area contributed by atoms with Crippen molar-refractivity contribution in [3.05, 3.63) is 11.8 Å². The third-order valence-corrected chi connectivity index (χ3v) is 1.92. The maximum absolute atomic E-state index is 8.48. The van der Waals surface area contributed by atoms with Gasteiger partial charge in [-0.3, -0.25) is 5.43 Å². The second kappa shape index (κ2) is 5.12. The monoisotopic (exact) mass is 206 g/mol. The van der Waals surface area contributed by atoms with Crippen LogP contribution in [-0.4, -0.2) is 23.6 Å². The van der Waals surface area contributed by atoms with Crippen molar-refractivity contribution < 1.29 is 0 Å². The summed E-state index contributed by atoms with van der Waals surface area (Å²) in [7, 11) is 1.87. The van der Waals surface area contributed by atoms with Crippen LogP contribution < -0.4 is 16.2 Å². The Hall–Kier alpha value is -1.87. The van der Waals surface area contributed by atoms with Crippen LogP contribution in [0.2, 0.25) is 0 Å². The van der Waals surface area contributed by atoms with E-state index < -0.39 is 0 Å². The van der Waals surface area contributed by atoms with Crippen LogP contribution in [0.4, 0.5) is 11.8 Å². The van der Waals surface area contributed by atoms with E-state index in [2.05, 4.69) is 21.5 Å². The lowest BCUT2D eigenvalue weighted by Gasteiger charge is -2.17. The molecule has 1 aromatic rings. The average Bonchev–Trinajstić information content (AvgIpc) is 2.24. The van der Waals surface area contributed by atoms with Crippen molar-refractivity contribution >= 4 is 11.8 Å². The second-order valence-corrected chi connectivity index (χ2v) is 3.17. The molecule has 15 heavy (non-hydrogen) atoms. The number of nitriles is 1. The number of nitrogens with two attached hydrogens (primary N) is 1. The quantitative estimate of drug-likeness (QED) is 0.548. The van der Waals surface area contributed by atoms with Crippen molar-refractivity contribution in [3.63, 3.8) is 0 Å². The molecule has 6 heteroatoms. The fraction of sp³-hybridized carbons (Fsp3) is 0.444. The molecule has 0 atom stereocenters. The highest BCUT2D eigenvalue weighted by molar-refractivity contribution is 5.43. The van der Waals surface area contributed by atoms with Gasteiger partial charge in [0.1, 0.15) is 5.82 Å². The van der Waals surface area contributed by atoms with Crippen LogP contribution in [0.1, 0.15) is 12.1 Å². The molecule has 0 aromatic carbocycles. The summed E-state index contributed by atoms with van der Waals surface area (Å²) in [6, 6.07) is 3.93. The van der Waals surface area contributed by atoms with Crippen molar-refractivity contribution in [1.29, 1.82) is 5.26 Å². The molecular formula is C9H14N6. The molecule has 80 valence electrons. The van der Waals surface area contributed by atoms with Gasteiger partial charge in [0.05, 0.1) is 12.5 Å². The number of hydrogen-bond donors (Lipinski definition) is 2. The van der Waals surface area contributed by atoms with Gasteiger partial charge in [0.15, 0.2) is 0 Å². The zero-order chi connectivity index (χ0) is 11.3. The summed E-state index contributed by atoms with van der Waals surface area (Å²) in [6.07, 6.45) is 0.463. The van der Waals surface area contributed by atoms with E-state index in [4.69, 9.17) is 11.1 Å². The molecule has 6 nitrogen and oxygen atoms in total. The smallest absolute Gasteiger partial charge is 0.239 e. The Labute approximate surface area is 88.7 Å². The van der Waals surface area contributed by atoms with Crippen molar-refractivity contribution in [3.8, 4) is 6.07 Å². The first kappa shape index (κ1) is 11.2. The van der Waals surface area contributed by atoms with Gasteiger partial charge < -0.3 is 4.90 Å². The molecule has 0 spiro atoms. The van der Waals surface area contributed by atoms with E-state index in [0.717, 1.165) is 11.5 Å². The number of hydrazine groups is 1. The largest absolute Gasteiger partial charge is 0.358 e. The van der Waals surface area contributed by atoms with Crippen LogP contribution in [0.5, 0.6) is 0 Å². The number of anilines is 2. The third-order valence-electron chi connectivity index (χ3n) is 1.92. The van der Waals surface area contributed by atoms with Crippen molar-refractivity contribution in [2.24, 2.45) is 5.84 Å². The maximum atomic E-state index is 8.48. The van der Waals surface area contributed by atoms with Crippen LogP contribution in [-0.2, 0) is 0 Å². The number of nitrogen functional groups attached to an aromatic ring is 1. The highest BCUT2D eigenvalue weighted by Crippen LogP contribution is 2.12. The van der Waals surface area contributed by atoms with Gasteiger partial charge >= 0.3 is 0 Å². The van der Waals surface area contributed by atoms with E-state index in [-0.39, 0.29) is 0 Å². The Kier molecular flexibility index (Phi) is 3.83. The summed E-state index contributed by atoms with van der Waals surface area (Å²) in [5, 5.41) is 8.48. The van der Waals surface area contributed by atoms with Gasteiger partial charge in [0.2, 0.25) is 5.95 Å². The molecule has 1 rings (SSSR count). The molecule has 0 fully saturated rings. The van der Waals surface area contributed by atoms with Crippen molar-refractivity contribution in [1.82, 2.24) is 9.97 Å². The highest BCUT2D eigenvalue weighted by Gasteiger charge is 2.05. The summed E-state index contributed by atoms with van der Waals surface area (Å²) in [6.45, 7) is 2.50. The summed E-state index contributed by atoms with van der Waals surface area (Å²) in [4.78, 5) is 10.1. The van der Waals surface area contributed by atoms with Gasteiger partial charge in [0, 0.05) is 25.4 Å². The number of aromatic nitrogens is 2. The number of nitrogens with zero attached hydrogens (tertiary/aromatic N) is 4. The zero-order valence-corrected chi connectivity index (χ0v) is 8.86. The Morgan fingerprint density at radius 2 is 2.33 bits per heavy atom. The lowest BCUT2D eigenvalue weighted by atomic mass is 10.3. The van der Waals surface area contributed by atoms with Crippen LogP contribution in [0, 0.1) is 18.3 Å². The fourth-order valence-electron chi connectivity index (χ4n) is 1.14. The summed E-state index contributed by atoms with van der Waals surface area (Å²) in [5.74, 6) is 6.38. The second-order valence-electron chi connectivity index (χ2n) is 3.17. The first-order valence-corrected chi connectivity index (χ1v) is 4.57. The van der Waals surface area contributed by atoms with Crippen molar-refractivity contribution in [2.45, 2.75) is 13.3 Å². The Bertz CT molecular complexity index is 369. The predicted molar refractivity (Wildman–Crippen MR) is 58.1 cm³/mol. The van der Waals surface area contributed by atoms with Crippen LogP contribution in [0.3, 0.4) is 0 Å². The van der Waals surface area contributed by atoms with Gasteiger partial charge in [-0.25, -0.2) is 10.8 Å². The molecule has 0 radical (unpaired) electrons. The summed E-state index contributed by atoms with van der Waals surface area (Å²) in [5.41, 5.74) is 3.24. The topological polar surface area (TPSA) is 90.9 Å². The maximum Gasteiger partial charge on any atom is 0.239 e. The molecule has 0 amide bonds.